The first kappa shape index (κ1) is 15.8. The Bertz CT molecular complexity index is 602. The second kappa shape index (κ2) is 5.63. The molecule has 0 aromatic heterocycles. The first-order valence-electron chi connectivity index (χ1n) is 6.41. The number of benzene rings is 1. The number of halogens is 1. The molecule has 0 amide bonds. The molecule has 2 rings (SSSR count). The van der Waals surface area contributed by atoms with Gasteiger partial charge in [-0.05, 0) is 60.8 Å². The zero-order valence-corrected chi connectivity index (χ0v) is 13.9. The smallest absolute Gasteiger partial charge is 0.240 e. The second-order valence-electron chi connectivity index (χ2n) is 5.60. The molecule has 0 bridgehead atoms. The van der Waals surface area contributed by atoms with E-state index in [4.69, 9.17) is 10.5 Å². The fourth-order valence-corrected chi connectivity index (χ4v) is 3.86. The predicted molar refractivity (Wildman–Crippen MR) is 81.9 cm³/mol. The summed E-state index contributed by atoms with van der Waals surface area (Å²) in [6.07, 6.45) is 1.33. The molecule has 0 spiro atoms. The summed E-state index contributed by atoms with van der Waals surface area (Å²) in [5.74, 6) is 0. The Morgan fingerprint density at radius 3 is 2.75 bits per heavy atom. The molecule has 0 saturated carbocycles. The van der Waals surface area contributed by atoms with Crippen LogP contribution in [0.15, 0.2) is 27.6 Å². The van der Waals surface area contributed by atoms with Gasteiger partial charge in [0, 0.05) is 22.8 Å². The van der Waals surface area contributed by atoms with Crippen LogP contribution in [0.5, 0.6) is 0 Å². The first-order valence-corrected chi connectivity index (χ1v) is 8.68. The molecule has 1 saturated heterocycles. The Kier molecular flexibility index (Phi) is 4.44. The summed E-state index contributed by atoms with van der Waals surface area (Å²) in [4.78, 5) is 0.183. The van der Waals surface area contributed by atoms with Gasteiger partial charge < -0.3 is 10.5 Å². The topological polar surface area (TPSA) is 81.4 Å². The highest BCUT2D eigenvalue weighted by molar-refractivity contribution is 9.10. The number of nitrogens with one attached hydrogen (secondary N) is 1. The number of nitrogens with two attached hydrogens (primary N) is 1. The summed E-state index contributed by atoms with van der Waals surface area (Å²) in [5.41, 5.74) is 5.84. The molecule has 0 radical (unpaired) electrons. The Morgan fingerprint density at radius 1 is 1.45 bits per heavy atom. The van der Waals surface area contributed by atoms with Crippen LogP contribution in [-0.4, -0.2) is 26.7 Å². The first-order chi connectivity index (χ1) is 9.20. The van der Waals surface area contributed by atoms with Crippen molar-refractivity contribution in [3.05, 3.63) is 22.7 Å². The van der Waals surface area contributed by atoms with Crippen molar-refractivity contribution < 1.29 is 13.2 Å². The Hall–Kier alpha value is -0.630. The maximum absolute atomic E-state index is 12.4. The molecule has 3 N–H and O–H groups in total. The van der Waals surface area contributed by atoms with Crippen molar-refractivity contribution in [2.45, 2.75) is 43.2 Å². The van der Waals surface area contributed by atoms with E-state index in [-0.39, 0.29) is 16.5 Å². The van der Waals surface area contributed by atoms with Crippen LogP contribution in [0.4, 0.5) is 5.69 Å². The van der Waals surface area contributed by atoms with E-state index in [1.54, 1.807) is 6.07 Å². The lowest BCUT2D eigenvalue weighted by molar-refractivity contribution is -0.0599. The maximum Gasteiger partial charge on any atom is 0.240 e. The second-order valence-corrected chi connectivity index (χ2v) is 8.17. The van der Waals surface area contributed by atoms with Crippen molar-refractivity contribution in [2.75, 3.05) is 12.3 Å². The van der Waals surface area contributed by atoms with E-state index in [1.165, 1.54) is 12.1 Å². The molecule has 1 fully saturated rings. The summed E-state index contributed by atoms with van der Waals surface area (Å²) < 4.78 is 33.7. The van der Waals surface area contributed by atoms with Crippen molar-refractivity contribution in [3.8, 4) is 0 Å². The number of hydrogen-bond acceptors (Lipinski definition) is 4. The minimum atomic E-state index is -3.56. The third-order valence-electron chi connectivity index (χ3n) is 3.30. The van der Waals surface area contributed by atoms with Gasteiger partial charge in [-0.15, -0.1) is 0 Å². The van der Waals surface area contributed by atoms with Gasteiger partial charge in [-0.25, -0.2) is 13.1 Å². The molecule has 1 aliphatic heterocycles. The van der Waals surface area contributed by atoms with Crippen LogP contribution >= 0.6 is 15.9 Å². The average molecular weight is 363 g/mol. The highest BCUT2D eigenvalue weighted by atomic mass is 79.9. The molecule has 0 aliphatic carbocycles. The lowest BCUT2D eigenvalue weighted by atomic mass is 9.95. The lowest BCUT2D eigenvalue weighted by Crippen LogP contribution is -2.45. The average Bonchev–Trinajstić information content (AvgIpc) is 2.30. The molecular formula is C13H19BrN2O3S. The number of anilines is 1. The summed E-state index contributed by atoms with van der Waals surface area (Å²) in [6.45, 7) is 4.48. The van der Waals surface area contributed by atoms with E-state index >= 15 is 0 Å². The van der Waals surface area contributed by atoms with E-state index < -0.39 is 10.0 Å². The van der Waals surface area contributed by atoms with Gasteiger partial charge in [0.25, 0.3) is 0 Å². The molecule has 1 aliphatic rings. The van der Waals surface area contributed by atoms with Gasteiger partial charge in [0.1, 0.15) is 0 Å². The van der Waals surface area contributed by atoms with Gasteiger partial charge in [0.15, 0.2) is 0 Å². The van der Waals surface area contributed by atoms with Crippen LogP contribution in [0.2, 0.25) is 0 Å². The number of ether oxygens (including phenoxy) is 1. The number of nitrogen functional groups attached to an aromatic ring is 1. The van der Waals surface area contributed by atoms with Crippen molar-refractivity contribution in [2.24, 2.45) is 0 Å². The zero-order valence-electron chi connectivity index (χ0n) is 11.5. The Labute approximate surface area is 128 Å². The van der Waals surface area contributed by atoms with Crippen LogP contribution in [0, 0.1) is 0 Å². The van der Waals surface area contributed by atoms with Crippen molar-refractivity contribution in [3.63, 3.8) is 0 Å². The number of rotatable bonds is 3. The van der Waals surface area contributed by atoms with Crippen LogP contribution in [0.25, 0.3) is 0 Å². The molecule has 1 aromatic rings. The van der Waals surface area contributed by atoms with E-state index in [0.29, 0.717) is 29.6 Å². The third-order valence-corrected chi connectivity index (χ3v) is 5.54. The molecule has 1 atom stereocenters. The molecule has 20 heavy (non-hydrogen) atoms. The fourth-order valence-electron chi connectivity index (χ4n) is 2.31. The largest absolute Gasteiger partial charge is 0.398 e. The van der Waals surface area contributed by atoms with Crippen LogP contribution in [0.1, 0.15) is 26.7 Å². The van der Waals surface area contributed by atoms with E-state index in [0.717, 1.165) is 0 Å². The van der Waals surface area contributed by atoms with E-state index in [9.17, 15) is 8.42 Å². The van der Waals surface area contributed by atoms with Crippen molar-refractivity contribution >= 4 is 31.6 Å². The highest BCUT2D eigenvalue weighted by Gasteiger charge is 2.31. The van der Waals surface area contributed by atoms with Gasteiger partial charge in [-0.1, -0.05) is 0 Å². The SMILES string of the molecule is CC1(C)CC(NS(=O)(=O)c2ccc(Br)c(N)c2)CCO1. The number of hydrogen-bond donors (Lipinski definition) is 2. The summed E-state index contributed by atoms with van der Waals surface area (Å²) in [6, 6.07) is 4.51. The quantitative estimate of drug-likeness (QED) is 0.808. The highest BCUT2D eigenvalue weighted by Crippen LogP contribution is 2.26. The molecule has 1 unspecified atom stereocenters. The Morgan fingerprint density at radius 2 is 2.15 bits per heavy atom. The summed E-state index contributed by atoms with van der Waals surface area (Å²) >= 11 is 3.25. The normalized spacial score (nSPS) is 22.6. The molecule has 112 valence electrons. The molecule has 7 heteroatoms. The van der Waals surface area contributed by atoms with Crippen LogP contribution in [0.3, 0.4) is 0 Å². The monoisotopic (exact) mass is 362 g/mol. The van der Waals surface area contributed by atoms with Crippen molar-refractivity contribution in [1.29, 1.82) is 0 Å². The minimum Gasteiger partial charge on any atom is -0.398 e. The fraction of sp³-hybridized carbons (Fsp3) is 0.538. The third kappa shape index (κ3) is 3.72. The van der Waals surface area contributed by atoms with Crippen LogP contribution < -0.4 is 10.5 Å². The molecule has 1 heterocycles. The molecule has 1 aromatic carbocycles. The lowest BCUT2D eigenvalue weighted by Gasteiger charge is -2.35. The minimum absolute atomic E-state index is 0.117. The predicted octanol–water partition coefficient (Wildman–Crippen LogP) is 2.27. The van der Waals surface area contributed by atoms with Gasteiger partial charge in [-0.3, -0.25) is 0 Å². The van der Waals surface area contributed by atoms with Crippen LogP contribution in [-0.2, 0) is 14.8 Å². The molecular weight excluding hydrogens is 344 g/mol. The van der Waals surface area contributed by atoms with E-state index in [2.05, 4.69) is 20.7 Å². The van der Waals surface area contributed by atoms with Crippen molar-refractivity contribution in [1.82, 2.24) is 4.72 Å². The molecule has 5 nitrogen and oxygen atoms in total. The zero-order chi connectivity index (χ0) is 15.0. The Balaban J connectivity index is 2.16. The van der Waals surface area contributed by atoms with Gasteiger partial charge in [0.05, 0.1) is 10.5 Å². The van der Waals surface area contributed by atoms with E-state index in [1.807, 2.05) is 13.8 Å². The number of sulfonamides is 1. The summed E-state index contributed by atoms with van der Waals surface area (Å²) in [5, 5.41) is 0. The summed E-state index contributed by atoms with van der Waals surface area (Å²) in [7, 11) is -3.56. The standard InChI is InChI=1S/C13H19BrN2O3S/c1-13(2)8-9(5-6-19-13)16-20(17,18)10-3-4-11(14)12(15)7-10/h3-4,7,9,16H,5-6,8,15H2,1-2H3. The maximum atomic E-state index is 12.4. The van der Waals surface area contributed by atoms with Gasteiger partial charge >= 0.3 is 0 Å². The van der Waals surface area contributed by atoms with Gasteiger partial charge in [0.2, 0.25) is 10.0 Å². The van der Waals surface area contributed by atoms with Gasteiger partial charge in [-0.2, -0.15) is 0 Å².